The molecule has 0 aliphatic rings. The van der Waals surface area contributed by atoms with Crippen molar-refractivity contribution >= 4 is 5.84 Å². The monoisotopic (exact) mass is 248 g/mol. The molecular weight excluding hydrogens is 220 g/mol. The third kappa shape index (κ3) is 8.80. The largest absolute Gasteiger partial charge is 0.373 e. The maximum atomic E-state index is 4.42. The van der Waals surface area contributed by atoms with Crippen molar-refractivity contribution in [3.8, 4) is 0 Å². The van der Waals surface area contributed by atoms with Gasteiger partial charge >= 0.3 is 0 Å². The van der Waals surface area contributed by atoms with Crippen molar-refractivity contribution < 1.29 is 0 Å². The quantitative estimate of drug-likeness (QED) is 0.282. The summed E-state index contributed by atoms with van der Waals surface area (Å²) in [4.78, 5) is 4.42. The van der Waals surface area contributed by atoms with Crippen LogP contribution in [-0.2, 0) is 0 Å². The predicted octanol–water partition coefficient (Wildman–Crippen LogP) is 4.12. The van der Waals surface area contributed by atoms with E-state index in [1.807, 2.05) is 19.2 Å². The van der Waals surface area contributed by atoms with E-state index in [9.17, 15) is 0 Å². The summed E-state index contributed by atoms with van der Waals surface area (Å²) in [6, 6.07) is 0. The number of allylic oxidation sites excluding steroid dienone is 4. The predicted molar refractivity (Wildman–Crippen MR) is 83.1 cm³/mol. The van der Waals surface area contributed by atoms with Crippen LogP contribution in [0.15, 0.2) is 42.0 Å². The molecule has 0 fully saturated rings. The molecule has 0 aliphatic heterocycles. The summed E-state index contributed by atoms with van der Waals surface area (Å²) in [5, 5.41) is 3.09. The molecule has 0 saturated carbocycles. The standard InChI is InChI=1S/C16H28N2/c1-5-10-15(11-6-2)12-8-9-13-16(17-4)18-14-7-3/h5,8-9,12-13,15H,1,6-7,10-11,14H2,2-4H3,(H,17,18)/b12-8?,13-9+. The molecule has 0 heterocycles. The highest BCUT2D eigenvalue weighted by Gasteiger charge is 1.99. The van der Waals surface area contributed by atoms with Gasteiger partial charge in [0.2, 0.25) is 0 Å². The number of nitrogens with one attached hydrogen (secondary N) is 1. The summed E-state index contributed by atoms with van der Waals surface area (Å²) >= 11 is 0. The van der Waals surface area contributed by atoms with E-state index in [1.165, 1.54) is 12.8 Å². The maximum absolute atomic E-state index is 4.42. The fourth-order valence-electron chi connectivity index (χ4n) is 1.69. The number of amidine groups is 1. The summed E-state index contributed by atoms with van der Waals surface area (Å²) in [6.45, 7) is 9.03. The van der Waals surface area contributed by atoms with Gasteiger partial charge in [-0.3, -0.25) is 4.99 Å². The van der Waals surface area contributed by atoms with Gasteiger partial charge < -0.3 is 5.32 Å². The first-order chi connectivity index (χ1) is 8.78. The van der Waals surface area contributed by atoms with Crippen molar-refractivity contribution in [2.24, 2.45) is 10.9 Å². The van der Waals surface area contributed by atoms with Gasteiger partial charge in [0, 0.05) is 13.6 Å². The topological polar surface area (TPSA) is 24.4 Å². The molecule has 18 heavy (non-hydrogen) atoms. The molecule has 0 rings (SSSR count). The molecule has 2 heteroatoms. The van der Waals surface area contributed by atoms with Gasteiger partial charge in [0.1, 0.15) is 5.84 Å². The minimum atomic E-state index is 0.614. The Morgan fingerprint density at radius 2 is 2.06 bits per heavy atom. The molecule has 1 N–H and O–H groups in total. The van der Waals surface area contributed by atoms with Crippen molar-refractivity contribution in [2.75, 3.05) is 13.6 Å². The van der Waals surface area contributed by atoms with E-state index in [-0.39, 0.29) is 0 Å². The number of rotatable bonds is 9. The van der Waals surface area contributed by atoms with Crippen LogP contribution in [0.5, 0.6) is 0 Å². The normalized spacial score (nSPS) is 14.3. The van der Waals surface area contributed by atoms with Crippen LogP contribution in [-0.4, -0.2) is 19.4 Å². The van der Waals surface area contributed by atoms with Crippen LogP contribution in [0, 0.1) is 5.92 Å². The van der Waals surface area contributed by atoms with Crippen LogP contribution < -0.4 is 5.32 Å². The lowest BCUT2D eigenvalue weighted by Gasteiger charge is -2.06. The Kier molecular flexibility index (Phi) is 11.3. The van der Waals surface area contributed by atoms with E-state index >= 15 is 0 Å². The van der Waals surface area contributed by atoms with Gasteiger partial charge in [0.05, 0.1) is 0 Å². The molecule has 0 radical (unpaired) electrons. The van der Waals surface area contributed by atoms with Crippen molar-refractivity contribution in [1.82, 2.24) is 5.32 Å². The minimum Gasteiger partial charge on any atom is -0.373 e. The van der Waals surface area contributed by atoms with Gasteiger partial charge in [-0.25, -0.2) is 0 Å². The Hall–Kier alpha value is -1.31. The Morgan fingerprint density at radius 3 is 2.61 bits per heavy atom. The smallest absolute Gasteiger partial charge is 0.120 e. The molecule has 0 saturated heterocycles. The summed E-state index contributed by atoms with van der Waals surface area (Å²) in [7, 11) is 1.90. The Balaban J connectivity index is 4.28. The van der Waals surface area contributed by atoms with Crippen LogP contribution in [0.1, 0.15) is 39.5 Å². The summed E-state index contributed by atoms with van der Waals surface area (Å²) < 4.78 is 0. The number of nitrogens with zero attached hydrogens (tertiary/aromatic N) is 1. The molecule has 0 aliphatic carbocycles. The molecule has 0 amide bonds. The fraction of sp³-hybridized carbons (Fsp3) is 0.562. The number of hydrogen-bond donors (Lipinski definition) is 1. The highest BCUT2D eigenvalue weighted by molar-refractivity contribution is 5.92. The molecule has 0 spiro atoms. The highest BCUT2D eigenvalue weighted by atomic mass is 15.0. The van der Waals surface area contributed by atoms with Gasteiger partial charge in [-0.1, -0.05) is 44.6 Å². The van der Waals surface area contributed by atoms with Crippen molar-refractivity contribution in [3.63, 3.8) is 0 Å². The molecule has 2 nitrogen and oxygen atoms in total. The molecule has 1 unspecified atom stereocenters. The van der Waals surface area contributed by atoms with Crippen molar-refractivity contribution in [3.05, 3.63) is 37.0 Å². The lowest BCUT2D eigenvalue weighted by Crippen LogP contribution is -2.15. The third-order valence-electron chi connectivity index (χ3n) is 2.64. The van der Waals surface area contributed by atoms with Crippen LogP contribution in [0.25, 0.3) is 0 Å². The summed E-state index contributed by atoms with van der Waals surface area (Å²) in [5.41, 5.74) is 0. The summed E-state index contributed by atoms with van der Waals surface area (Å²) in [6.07, 6.45) is 15.0. The molecule has 0 aromatic carbocycles. The van der Waals surface area contributed by atoms with Gasteiger partial charge in [-0.2, -0.15) is 0 Å². The molecule has 0 bridgehead atoms. The summed E-state index contributed by atoms with van der Waals surface area (Å²) in [5.74, 6) is 1.56. The van der Waals surface area contributed by atoms with E-state index in [0.29, 0.717) is 5.92 Å². The first kappa shape index (κ1) is 16.7. The van der Waals surface area contributed by atoms with Gasteiger partial charge in [0.15, 0.2) is 0 Å². The second-order valence-corrected chi connectivity index (χ2v) is 4.33. The molecular formula is C16H28N2. The Morgan fingerprint density at radius 1 is 1.28 bits per heavy atom. The second-order valence-electron chi connectivity index (χ2n) is 4.33. The molecule has 0 aromatic rings. The highest BCUT2D eigenvalue weighted by Crippen LogP contribution is 2.13. The van der Waals surface area contributed by atoms with E-state index in [0.717, 1.165) is 25.2 Å². The van der Waals surface area contributed by atoms with Crippen LogP contribution in [0.4, 0.5) is 0 Å². The lowest BCUT2D eigenvalue weighted by molar-refractivity contribution is 0.589. The molecule has 102 valence electrons. The zero-order chi connectivity index (χ0) is 13.6. The average Bonchev–Trinajstić information content (AvgIpc) is 2.38. The minimum absolute atomic E-state index is 0.614. The maximum Gasteiger partial charge on any atom is 0.120 e. The van der Waals surface area contributed by atoms with Gasteiger partial charge in [0.25, 0.3) is 0 Å². The second kappa shape index (κ2) is 12.2. The van der Waals surface area contributed by atoms with E-state index in [4.69, 9.17) is 0 Å². The average molecular weight is 248 g/mol. The Bertz CT molecular complexity index is 287. The lowest BCUT2D eigenvalue weighted by atomic mass is 9.99. The number of likely N-dealkylation sites (N-methyl/N-ethyl adjacent to an activating group) is 1. The van der Waals surface area contributed by atoms with Gasteiger partial charge in [-0.05, 0) is 31.3 Å². The van der Waals surface area contributed by atoms with Crippen molar-refractivity contribution in [1.29, 1.82) is 0 Å². The first-order valence-corrected chi connectivity index (χ1v) is 6.96. The third-order valence-corrected chi connectivity index (χ3v) is 2.64. The molecule has 0 aromatic heterocycles. The van der Waals surface area contributed by atoms with E-state index < -0.39 is 0 Å². The SMILES string of the molecule is C=CCC(C=C/C=C/C(=N/CCC)NC)CCC. The first-order valence-electron chi connectivity index (χ1n) is 6.96. The number of aliphatic imine (C=N–C) groups is 1. The van der Waals surface area contributed by atoms with Gasteiger partial charge in [-0.15, -0.1) is 6.58 Å². The van der Waals surface area contributed by atoms with Crippen LogP contribution >= 0.6 is 0 Å². The number of hydrogen-bond acceptors (Lipinski definition) is 1. The van der Waals surface area contributed by atoms with E-state index in [1.54, 1.807) is 0 Å². The zero-order valence-electron chi connectivity index (χ0n) is 12.2. The zero-order valence-corrected chi connectivity index (χ0v) is 12.2. The van der Waals surface area contributed by atoms with Crippen LogP contribution in [0.3, 0.4) is 0 Å². The van der Waals surface area contributed by atoms with Crippen LogP contribution in [0.2, 0.25) is 0 Å². The van der Waals surface area contributed by atoms with E-state index in [2.05, 4.69) is 49.0 Å². The molecule has 1 atom stereocenters. The fourth-order valence-corrected chi connectivity index (χ4v) is 1.69. The van der Waals surface area contributed by atoms with Crippen molar-refractivity contribution in [2.45, 2.75) is 39.5 Å². The Labute approximate surface area is 113 Å².